The highest BCUT2D eigenvalue weighted by molar-refractivity contribution is 7.92. The number of nitrogens with zero attached hydrogens (tertiary/aromatic N) is 1. The lowest BCUT2D eigenvalue weighted by molar-refractivity contribution is 0.598. The summed E-state index contributed by atoms with van der Waals surface area (Å²) < 4.78 is 27.4. The van der Waals surface area contributed by atoms with E-state index in [-0.39, 0.29) is 10.7 Å². The Morgan fingerprint density at radius 3 is 2.76 bits per heavy atom. The van der Waals surface area contributed by atoms with Crippen LogP contribution in [0, 0.1) is 0 Å². The number of aromatic nitrogens is 1. The average molecular weight is 304 g/mol. The maximum atomic E-state index is 12.4. The van der Waals surface area contributed by atoms with Crippen molar-refractivity contribution in [2.75, 3.05) is 10.1 Å². The number of fused-ring (bicyclic) bond motifs is 1. The third-order valence-corrected chi connectivity index (χ3v) is 4.87. The van der Waals surface area contributed by atoms with Gasteiger partial charge in [0.1, 0.15) is 0 Å². The molecule has 0 atom stereocenters. The number of benzene rings is 1. The molecule has 6 nitrogen and oxygen atoms in total. The summed E-state index contributed by atoms with van der Waals surface area (Å²) >= 11 is 0. The maximum Gasteiger partial charge on any atom is 0.281 e. The Labute approximate surface area is 123 Å². The Hall–Kier alpha value is -2.12. The average Bonchev–Trinajstić information content (AvgIpc) is 2.94. The Kier molecular flexibility index (Phi) is 3.52. The minimum atomic E-state index is -3.78. The summed E-state index contributed by atoms with van der Waals surface area (Å²) in [5.41, 5.74) is 5.64. The molecular weight excluding hydrogens is 288 g/mol. The van der Waals surface area contributed by atoms with Crippen molar-refractivity contribution in [3.8, 4) is 0 Å². The summed E-state index contributed by atoms with van der Waals surface area (Å²) in [5.74, 6) is 5.33. The van der Waals surface area contributed by atoms with Crippen molar-refractivity contribution < 1.29 is 8.42 Å². The van der Waals surface area contributed by atoms with Gasteiger partial charge in [-0.05, 0) is 54.7 Å². The molecule has 1 aliphatic carbocycles. The fourth-order valence-corrected chi connectivity index (χ4v) is 3.70. The van der Waals surface area contributed by atoms with Crippen LogP contribution < -0.4 is 16.0 Å². The van der Waals surface area contributed by atoms with E-state index in [1.165, 1.54) is 17.3 Å². The molecule has 0 spiro atoms. The van der Waals surface area contributed by atoms with Gasteiger partial charge in [-0.15, -0.1) is 0 Å². The van der Waals surface area contributed by atoms with Crippen LogP contribution in [0.3, 0.4) is 0 Å². The fraction of sp³-hybridized carbons (Fsp3) is 0.214. The number of aryl methyl sites for hydroxylation is 2. The standard InChI is InChI=1S/C14H16N4O2S/c15-17-13-5-2-8-16-14(13)21(19,20)18-12-7-6-10-3-1-4-11(10)9-12/h2,5-9,17-18H,1,3-4,15H2. The lowest BCUT2D eigenvalue weighted by Gasteiger charge is -2.11. The minimum Gasteiger partial charge on any atom is -0.321 e. The summed E-state index contributed by atoms with van der Waals surface area (Å²) in [7, 11) is -3.78. The highest BCUT2D eigenvalue weighted by Gasteiger charge is 2.21. The van der Waals surface area contributed by atoms with E-state index in [4.69, 9.17) is 5.84 Å². The lowest BCUT2D eigenvalue weighted by atomic mass is 10.1. The third kappa shape index (κ3) is 2.70. The van der Waals surface area contributed by atoms with Crippen molar-refractivity contribution in [1.29, 1.82) is 0 Å². The predicted octanol–water partition coefficient (Wildman–Crippen LogP) is 1.66. The second-order valence-electron chi connectivity index (χ2n) is 4.94. The topological polar surface area (TPSA) is 97.1 Å². The zero-order valence-electron chi connectivity index (χ0n) is 11.3. The van der Waals surface area contributed by atoms with Gasteiger partial charge in [-0.2, -0.15) is 8.42 Å². The molecule has 1 heterocycles. The van der Waals surface area contributed by atoms with E-state index in [1.807, 2.05) is 12.1 Å². The van der Waals surface area contributed by atoms with Gasteiger partial charge in [0, 0.05) is 11.9 Å². The first-order chi connectivity index (χ1) is 10.1. The number of hydrazine groups is 1. The molecule has 1 aromatic carbocycles. The molecule has 3 rings (SSSR count). The predicted molar refractivity (Wildman–Crippen MR) is 81.3 cm³/mol. The fourth-order valence-electron chi connectivity index (χ4n) is 2.55. The van der Waals surface area contributed by atoms with Gasteiger partial charge in [0.05, 0.1) is 5.69 Å². The highest BCUT2D eigenvalue weighted by Crippen LogP contribution is 2.27. The Balaban J connectivity index is 1.93. The summed E-state index contributed by atoms with van der Waals surface area (Å²) in [6.45, 7) is 0. The minimum absolute atomic E-state index is 0.118. The van der Waals surface area contributed by atoms with E-state index >= 15 is 0 Å². The molecule has 7 heteroatoms. The van der Waals surface area contributed by atoms with E-state index in [1.54, 1.807) is 18.2 Å². The second kappa shape index (κ2) is 5.34. The van der Waals surface area contributed by atoms with E-state index in [0.29, 0.717) is 5.69 Å². The molecule has 110 valence electrons. The van der Waals surface area contributed by atoms with Gasteiger partial charge < -0.3 is 5.43 Å². The van der Waals surface area contributed by atoms with Crippen LogP contribution >= 0.6 is 0 Å². The number of hydrogen-bond donors (Lipinski definition) is 3. The molecule has 0 fully saturated rings. The first-order valence-corrected chi connectivity index (χ1v) is 8.15. The number of rotatable bonds is 4. The van der Waals surface area contributed by atoms with Crippen LogP contribution in [0.5, 0.6) is 0 Å². The Morgan fingerprint density at radius 2 is 1.95 bits per heavy atom. The maximum absolute atomic E-state index is 12.4. The molecule has 4 N–H and O–H groups in total. The van der Waals surface area contributed by atoms with Gasteiger partial charge in [-0.25, -0.2) is 4.98 Å². The number of nitrogens with one attached hydrogen (secondary N) is 2. The van der Waals surface area contributed by atoms with Gasteiger partial charge in [0.15, 0.2) is 0 Å². The third-order valence-electron chi connectivity index (χ3n) is 3.53. The molecular formula is C14H16N4O2S. The summed E-state index contributed by atoms with van der Waals surface area (Å²) in [6.07, 6.45) is 4.58. The smallest absolute Gasteiger partial charge is 0.281 e. The quantitative estimate of drug-likeness (QED) is 0.589. The molecule has 2 aromatic rings. The zero-order valence-corrected chi connectivity index (χ0v) is 12.2. The SMILES string of the molecule is NNc1cccnc1S(=O)(=O)Nc1ccc2c(c1)CCC2. The van der Waals surface area contributed by atoms with Crippen LogP contribution in [0.4, 0.5) is 11.4 Å². The molecule has 0 unspecified atom stereocenters. The number of nitrogens with two attached hydrogens (primary N) is 1. The van der Waals surface area contributed by atoms with Crippen LogP contribution in [-0.2, 0) is 22.9 Å². The largest absolute Gasteiger partial charge is 0.321 e. The number of hydrogen-bond acceptors (Lipinski definition) is 5. The van der Waals surface area contributed by atoms with E-state index in [2.05, 4.69) is 15.1 Å². The molecule has 0 aliphatic heterocycles. The normalized spacial score (nSPS) is 13.8. The monoisotopic (exact) mass is 304 g/mol. The van der Waals surface area contributed by atoms with Gasteiger partial charge in [0.25, 0.3) is 10.0 Å². The van der Waals surface area contributed by atoms with E-state index < -0.39 is 10.0 Å². The second-order valence-corrected chi connectivity index (χ2v) is 6.54. The zero-order chi connectivity index (χ0) is 14.9. The summed E-state index contributed by atoms with van der Waals surface area (Å²) in [5, 5.41) is -0.118. The summed E-state index contributed by atoms with van der Waals surface area (Å²) in [4.78, 5) is 3.90. The lowest BCUT2D eigenvalue weighted by Crippen LogP contribution is -2.19. The van der Waals surface area contributed by atoms with Crippen molar-refractivity contribution >= 4 is 21.4 Å². The Bertz CT molecular complexity index is 774. The number of pyridine rings is 1. The van der Waals surface area contributed by atoms with E-state index in [9.17, 15) is 8.42 Å². The van der Waals surface area contributed by atoms with Gasteiger partial charge in [-0.3, -0.25) is 10.6 Å². The first kappa shape index (κ1) is 13.8. The van der Waals surface area contributed by atoms with Crippen LogP contribution in [0.15, 0.2) is 41.6 Å². The number of anilines is 2. The number of sulfonamides is 1. The van der Waals surface area contributed by atoms with Crippen LogP contribution in [-0.4, -0.2) is 13.4 Å². The molecule has 1 aromatic heterocycles. The van der Waals surface area contributed by atoms with Crippen molar-refractivity contribution in [3.63, 3.8) is 0 Å². The van der Waals surface area contributed by atoms with Crippen molar-refractivity contribution in [1.82, 2.24) is 4.98 Å². The number of nitrogen functional groups attached to an aromatic ring is 1. The molecule has 0 saturated heterocycles. The van der Waals surface area contributed by atoms with Gasteiger partial charge in [-0.1, -0.05) is 6.07 Å². The molecule has 0 radical (unpaired) electrons. The molecule has 0 saturated carbocycles. The van der Waals surface area contributed by atoms with E-state index in [0.717, 1.165) is 19.3 Å². The molecule has 21 heavy (non-hydrogen) atoms. The van der Waals surface area contributed by atoms with Crippen molar-refractivity contribution in [2.24, 2.45) is 5.84 Å². The van der Waals surface area contributed by atoms with Crippen LogP contribution in [0.1, 0.15) is 17.5 Å². The molecule has 0 bridgehead atoms. The van der Waals surface area contributed by atoms with Crippen molar-refractivity contribution in [2.45, 2.75) is 24.3 Å². The van der Waals surface area contributed by atoms with Crippen LogP contribution in [0.2, 0.25) is 0 Å². The molecule has 0 amide bonds. The summed E-state index contributed by atoms with van der Waals surface area (Å²) in [6, 6.07) is 8.81. The van der Waals surface area contributed by atoms with Gasteiger partial charge >= 0.3 is 0 Å². The Morgan fingerprint density at radius 1 is 1.14 bits per heavy atom. The van der Waals surface area contributed by atoms with Gasteiger partial charge in [0.2, 0.25) is 5.03 Å². The molecule has 1 aliphatic rings. The first-order valence-electron chi connectivity index (χ1n) is 6.66. The highest BCUT2D eigenvalue weighted by atomic mass is 32.2. The van der Waals surface area contributed by atoms with Crippen molar-refractivity contribution in [3.05, 3.63) is 47.7 Å². The van der Waals surface area contributed by atoms with Crippen LogP contribution in [0.25, 0.3) is 0 Å².